The van der Waals surface area contributed by atoms with E-state index in [1.165, 1.54) is 24.3 Å². The maximum absolute atomic E-state index is 14.2. The van der Waals surface area contributed by atoms with Crippen LogP contribution < -0.4 is 10.1 Å². The van der Waals surface area contributed by atoms with Gasteiger partial charge in [-0.15, -0.1) is 0 Å². The van der Waals surface area contributed by atoms with Gasteiger partial charge in [-0.2, -0.15) is 0 Å². The summed E-state index contributed by atoms with van der Waals surface area (Å²) in [5, 5.41) is 13.2. The number of nitrogens with zero attached hydrogens (tertiary/aromatic N) is 3. The van der Waals surface area contributed by atoms with Crippen LogP contribution in [0.2, 0.25) is 0 Å². The number of aliphatic hydroxyl groups is 1. The molecule has 2 atom stereocenters. The molecule has 9 nitrogen and oxygen atoms in total. The summed E-state index contributed by atoms with van der Waals surface area (Å²) >= 11 is 0. The minimum atomic E-state index is -1.59. The molecule has 10 heteroatoms. The first-order valence-electron chi connectivity index (χ1n) is 10.5. The van der Waals surface area contributed by atoms with Crippen molar-refractivity contribution in [3.8, 4) is 17.0 Å². The number of aliphatic imine (C=N–C) groups is 1. The summed E-state index contributed by atoms with van der Waals surface area (Å²) in [6, 6.07) is 7.16. The Kier molecular flexibility index (Phi) is 6.13. The van der Waals surface area contributed by atoms with Crippen LogP contribution in [0.1, 0.15) is 19.4 Å². The van der Waals surface area contributed by atoms with Crippen molar-refractivity contribution < 1.29 is 28.6 Å². The highest BCUT2D eigenvalue weighted by atomic mass is 19.1. The van der Waals surface area contributed by atoms with Crippen LogP contribution >= 0.6 is 0 Å². The summed E-state index contributed by atoms with van der Waals surface area (Å²) in [5.74, 6) is -1.56. The molecule has 0 saturated carbocycles. The number of amidine groups is 1. The van der Waals surface area contributed by atoms with Gasteiger partial charge in [-0.05, 0) is 31.0 Å². The second kappa shape index (κ2) is 8.87. The Balaban J connectivity index is 1.55. The summed E-state index contributed by atoms with van der Waals surface area (Å²) in [5.41, 5.74) is 1.03. The van der Waals surface area contributed by atoms with Crippen LogP contribution in [-0.4, -0.2) is 70.6 Å². The number of hydrogen-bond acceptors (Lipinski definition) is 7. The van der Waals surface area contributed by atoms with Crippen LogP contribution in [0.15, 0.2) is 41.5 Å². The third kappa shape index (κ3) is 4.31. The van der Waals surface area contributed by atoms with E-state index >= 15 is 0 Å². The summed E-state index contributed by atoms with van der Waals surface area (Å²) in [6.07, 6.45) is -0.101. The molecule has 174 valence electrons. The van der Waals surface area contributed by atoms with Crippen LogP contribution in [0.4, 0.5) is 4.39 Å². The molecule has 1 aromatic carbocycles. The monoisotopic (exact) mass is 456 g/mol. The minimum absolute atomic E-state index is 0.0779. The molecule has 2 aliphatic heterocycles. The topological polar surface area (TPSA) is 113 Å². The average Bonchev–Trinajstić information content (AvgIpc) is 2.80. The van der Waals surface area contributed by atoms with E-state index in [0.29, 0.717) is 29.1 Å². The molecule has 0 aliphatic carbocycles. The second-order valence-electron chi connectivity index (χ2n) is 8.28. The molecule has 2 amide bonds. The molecule has 2 N–H and O–H groups in total. The smallest absolute Gasteiger partial charge is 0.259 e. The van der Waals surface area contributed by atoms with Crippen molar-refractivity contribution in [2.75, 3.05) is 20.3 Å². The lowest BCUT2D eigenvalue weighted by atomic mass is 9.98. The Morgan fingerprint density at radius 2 is 2.15 bits per heavy atom. The largest absolute Gasteiger partial charge is 0.479 e. The first-order chi connectivity index (χ1) is 15.7. The Morgan fingerprint density at radius 1 is 1.39 bits per heavy atom. The van der Waals surface area contributed by atoms with Crippen molar-refractivity contribution in [2.24, 2.45) is 4.99 Å². The Hall–Kier alpha value is -3.37. The quantitative estimate of drug-likeness (QED) is 0.701. The normalized spacial score (nSPS) is 21.8. The third-order valence-electron chi connectivity index (χ3n) is 5.70. The molecule has 2 aromatic rings. The summed E-state index contributed by atoms with van der Waals surface area (Å²) in [6.45, 7) is 4.19. The number of morpholine rings is 1. The maximum Gasteiger partial charge on any atom is 0.259 e. The van der Waals surface area contributed by atoms with E-state index in [2.05, 4.69) is 15.3 Å². The standard InChI is InChI=1S/C23H25FN4O5/c1-23(2)22-27-17(18(29)21(31)28(22)8-9-33-23)19(30)25-11-13-6-4-5-7-15(13)14-10-16(24)20(32-3)26-12-14/h4-7,10,12,17-18,29H,8-9,11H2,1-3H3,(H,25,30). The van der Waals surface area contributed by atoms with Gasteiger partial charge in [-0.3, -0.25) is 19.5 Å². The highest BCUT2D eigenvalue weighted by Crippen LogP contribution is 2.28. The highest BCUT2D eigenvalue weighted by molar-refractivity contribution is 6.09. The van der Waals surface area contributed by atoms with E-state index in [9.17, 15) is 19.1 Å². The number of nitrogens with one attached hydrogen (secondary N) is 1. The Morgan fingerprint density at radius 3 is 2.88 bits per heavy atom. The van der Waals surface area contributed by atoms with Crippen molar-refractivity contribution in [1.82, 2.24) is 15.2 Å². The molecule has 1 fully saturated rings. The predicted octanol–water partition coefficient (Wildman–Crippen LogP) is 1.29. The fourth-order valence-electron chi connectivity index (χ4n) is 3.99. The van der Waals surface area contributed by atoms with Gasteiger partial charge in [0, 0.05) is 18.3 Å². The number of carbonyl (C=O) groups is 2. The number of ether oxygens (including phenoxy) is 2. The van der Waals surface area contributed by atoms with Gasteiger partial charge < -0.3 is 19.9 Å². The number of aromatic nitrogens is 1. The summed E-state index contributed by atoms with van der Waals surface area (Å²) < 4.78 is 24.7. The number of rotatable bonds is 5. The zero-order valence-electron chi connectivity index (χ0n) is 18.5. The van der Waals surface area contributed by atoms with Gasteiger partial charge in [0.05, 0.1) is 20.3 Å². The van der Waals surface area contributed by atoms with Gasteiger partial charge >= 0.3 is 0 Å². The first kappa shape index (κ1) is 22.8. The predicted molar refractivity (Wildman–Crippen MR) is 117 cm³/mol. The van der Waals surface area contributed by atoms with Crippen LogP contribution in [-0.2, 0) is 20.9 Å². The SMILES string of the molecule is COc1ncc(-c2ccccc2CNC(=O)C2N=C3N(CCOC3(C)C)C(=O)C2O)cc1F. The van der Waals surface area contributed by atoms with Crippen LogP contribution in [0.5, 0.6) is 5.88 Å². The minimum Gasteiger partial charge on any atom is -0.479 e. The van der Waals surface area contributed by atoms with E-state index in [1.807, 2.05) is 0 Å². The fraction of sp³-hybridized carbons (Fsp3) is 0.391. The molecular formula is C23H25FN4O5. The zero-order valence-corrected chi connectivity index (χ0v) is 18.5. The molecule has 1 aromatic heterocycles. The average molecular weight is 456 g/mol. The lowest BCUT2D eigenvalue weighted by Gasteiger charge is -2.43. The third-order valence-corrected chi connectivity index (χ3v) is 5.70. The van der Waals surface area contributed by atoms with Crippen LogP contribution in [0.3, 0.4) is 0 Å². The van der Waals surface area contributed by atoms with Gasteiger partial charge in [-0.25, -0.2) is 9.37 Å². The number of pyridine rings is 1. The van der Waals surface area contributed by atoms with Gasteiger partial charge in [0.1, 0.15) is 11.4 Å². The number of methoxy groups -OCH3 is 1. The van der Waals surface area contributed by atoms with E-state index in [1.54, 1.807) is 38.1 Å². The summed E-state index contributed by atoms with van der Waals surface area (Å²) in [4.78, 5) is 35.3. The van der Waals surface area contributed by atoms with Crippen molar-refractivity contribution in [3.05, 3.63) is 47.9 Å². The van der Waals surface area contributed by atoms with Crippen molar-refractivity contribution in [2.45, 2.75) is 38.1 Å². The molecule has 3 heterocycles. The highest BCUT2D eigenvalue weighted by Gasteiger charge is 2.47. The molecule has 2 unspecified atom stereocenters. The lowest BCUT2D eigenvalue weighted by molar-refractivity contribution is -0.146. The van der Waals surface area contributed by atoms with Crippen LogP contribution in [0.25, 0.3) is 11.1 Å². The molecule has 0 bridgehead atoms. The van der Waals surface area contributed by atoms with E-state index in [-0.39, 0.29) is 19.0 Å². The first-order valence-corrected chi connectivity index (χ1v) is 10.5. The van der Waals surface area contributed by atoms with Crippen molar-refractivity contribution in [3.63, 3.8) is 0 Å². The molecule has 0 radical (unpaired) electrons. The number of fused-ring (bicyclic) bond motifs is 1. The van der Waals surface area contributed by atoms with Crippen molar-refractivity contribution >= 4 is 17.6 Å². The molecule has 1 saturated heterocycles. The molecule has 4 rings (SSSR count). The van der Waals surface area contributed by atoms with Gasteiger partial charge in [0.25, 0.3) is 5.91 Å². The summed E-state index contributed by atoms with van der Waals surface area (Å²) in [7, 11) is 1.34. The van der Waals surface area contributed by atoms with Gasteiger partial charge in [-0.1, -0.05) is 24.3 Å². The van der Waals surface area contributed by atoms with Crippen molar-refractivity contribution in [1.29, 1.82) is 0 Å². The number of benzene rings is 1. The second-order valence-corrected chi connectivity index (χ2v) is 8.28. The van der Waals surface area contributed by atoms with E-state index in [4.69, 9.17) is 9.47 Å². The molecule has 33 heavy (non-hydrogen) atoms. The number of halogens is 1. The Bertz CT molecular complexity index is 1120. The maximum atomic E-state index is 14.2. The van der Waals surface area contributed by atoms with E-state index in [0.717, 1.165) is 0 Å². The van der Waals surface area contributed by atoms with Gasteiger partial charge in [0.2, 0.25) is 11.8 Å². The molecule has 0 spiro atoms. The van der Waals surface area contributed by atoms with Crippen LogP contribution in [0, 0.1) is 5.82 Å². The van der Waals surface area contributed by atoms with E-state index < -0.39 is 35.4 Å². The molecule has 2 aliphatic rings. The fourth-order valence-corrected chi connectivity index (χ4v) is 3.99. The number of carbonyl (C=O) groups excluding carboxylic acids is 2. The molecular weight excluding hydrogens is 431 g/mol. The lowest BCUT2D eigenvalue weighted by Crippen LogP contribution is -2.64. The number of hydrogen-bond donors (Lipinski definition) is 2. The number of amides is 2. The number of aliphatic hydroxyl groups excluding tert-OH is 1. The zero-order chi connectivity index (χ0) is 23.8. The van der Waals surface area contributed by atoms with Gasteiger partial charge in [0.15, 0.2) is 18.0 Å². The Labute approximate surface area is 190 Å².